The summed E-state index contributed by atoms with van der Waals surface area (Å²) in [4.78, 5) is 14.3. The van der Waals surface area contributed by atoms with Crippen molar-refractivity contribution in [3.05, 3.63) is 29.8 Å². The Bertz CT molecular complexity index is 456. The van der Waals surface area contributed by atoms with Gasteiger partial charge in [-0.3, -0.25) is 4.79 Å². The van der Waals surface area contributed by atoms with E-state index in [1.54, 1.807) is 0 Å². The molecule has 3 nitrogen and oxygen atoms in total. The Morgan fingerprint density at radius 3 is 2.85 bits per heavy atom. The number of carbonyl (C=O) groups excluding carboxylic acids is 1. The average molecular weight is 274 g/mol. The molecular formula is C17H26N2O. The smallest absolute Gasteiger partial charge is 0.241 e. The highest BCUT2D eigenvalue weighted by Crippen LogP contribution is 2.23. The zero-order valence-electron chi connectivity index (χ0n) is 12.9. The van der Waals surface area contributed by atoms with Gasteiger partial charge in [-0.05, 0) is 36.3 Å². The van der Waals surface area contributed by atoms with Crippen molar-refractivity contribution in [3.63, 3.8) is 0 Å². The first-order valence-corrected chi connectivity index (χ1v) is 7.68. The van der Waals surface area contributed by atoms with Gasteiger partial charge in [0.15, 0.2) is 0 Å². The van der Waals surface area contributed by atoms with Gasteiger partial charge in [0.25, 0.3) is 0 Å². The topological polar surface area (TPSA) is 32.3 Å². The van der Waals surface area contributed by atoms with E-state index in [1.807, 2.05) is 11.0 Å². The molecule has 1 heterocycles. The van der Waals surface area contributed by atoms with Crippen LogP contribution in [0.15, 0.2) is 24.3 Å². The Morgan fingerprint density at radius 1 is 1.40 bits per heavy atom. The van der Waals surface area contributed by atoms with Crippen LogP contribution >= 0.6 is 0 Å². The maximum Gasteiger partial charge on any atom is 0.241 e. The van der Waals surface area contributed by atoms with Crippen molar-refractivity contribution in [2.45, 2.75) is 39.5 Å². The van der Waals surface area contributed by atoms with Gasteiger partial charge in [0.2, 0.25) is 5.91 Å². The minimum absolute atomic E-state index is 0.218. The van der Waals surface area contributed by atoms with Crippen LogP contribution < -0.4 is 5.32 Å². The van der Waals surface area contributed by atoms with Crippen molar-refractivity contribution < 1.29 is 4.79 Å². The first-order valence-electron chi connectivity index (χ1n) is 7.68. The third-order valence-corrected chi connectivity index (χ3v) is 4.02. The molecule has 110 valence electrons. The first kappa shape index (κ1) is 14.9. The standard InChI is InChI=1S/C17H26N2O/c1-13(2)15-8-4-5-9-16(15)18-11-17(20)19-10-6-7-14(3)12-19/h4-5,8-9,13-14,18H,6-7,10-12H2,1-3H3. The number of rotatable bonds is 4. The van der Waals surface area contributed by atoms with Gasteiger partial charge in [-0.2, -0.15) is 0 Å². The van der Waals surface area contributed by atoms with E-state index in [4.69, 9.17) is 0 Å². The molecule has 1 aromatic rings. The number of hydrogen-bond donors (Lipinski definition) is 1. The van der Waals surface area contributed by atoms with Crippen LogP contribution in [0.25, 0.3) is 0 Å². The van der Waals surface area contributed by atoms with Crippen molar-refractivity contribution in [1.82, 2.24) is 4.90 Å². The summed E-state index contributed by atoms with van der Waals surface area (Å²) in [6.45, 7) is 8.80. The van der Waals surface area contributed by atoms with Crippen LogP contribution in [0.2, 0.25) is 0 Å². The maximum atomic E-state index is 12.3. The normalized spacial score (nSPS) is 19.2. The summed E-state index contributed by atoms with van der Waals surface area (Å²) in [7, 11) is 0. The quantitative estimate of drug-likeness (QED) is 0.911. The third kappa shape index (κ3) is 3.75. The van der Waals surface area contributed by atoms with Gasteiger partial charge >= 0.3 is 0 Å². The van der Waals surface area contributed by atoms with Crippen molar-refractivity contribution >= 4 is 11.6 Å². The summed E-state index contributed by atoms with van der Waals surface area (Å²) in [6, 6.07) is 8.25. The second-order valence-electron chi connectivity index (χ2n) is 6.18. The lowest BCUT2D eigenvalue weighted by Crippen LogP contribution is -2.42. The van der Waals surface area contributed by atoms with Gasteiger partial charge in [-0.25, -0.2) is 0 Å². The number of likely N-dealkylation sites (tertiary alicyclic amines) is 1. The molecule has 1 amide bonds. The minimum atomic E-state index is 0.218. The number of piperidine rings is 1. The van der Waals surface area contributed by atoms with Crippen molar-refractivity contribution in [3.8, 4) is 0 Å². The zero-order chi connectivity index (χ0) is 14.5. The summed E-state index contributed by atoms with van der Waals surface area (Å²) in [6.07, 6.45) is 2.38. The predicted molar refractivity (Wildman–Crippen MR) is 84.0 cm³/mol. The summed E-state index contributed by atoms with van der Waals surface area (Å²) in [5.74, 6) is 1.31. The third-order valence-electron chi connectivity index (χ3n) is 4.02. The molecule has 1 atom stereocenters. The summed E-state index contributed by atoms with van der Waals surface area (Å²) in [5, 5.41) is 3.32. The Labute approximate surface area is 122 Å². The molecule has 3 heteroatoms. The number of para-hydroxylation sites is 1. The number of hydrogen-bond acceptors (Lipinski definition) is 2. The molecule has 20 heavy (non-hydrogen) atoms. The lowest BCUT2D eigenvalue weighted by atomic mass is 10.00. The van der Waals surface area contributed by atoms with E-state index >= 15 is 0 Å². The molecule has 1 fully saturated rings. The highest BCUT2D eigenvalue weighted by Gasteiger charge is 2.20. The minimum Gasteiger partial charge on any atom is -0.376 e. The Kier molecular flexibility index (Phi) is 5.05. The second-order valence-corrected chi connectivity index (χ2v) is 6.18. The molecule has 1 saturated heterocycles. The molecule has 0 saturated carbocycles. The van der Waals surface area contributed by atoms with Gasteiger partial charge in [0.1, 0.15) is 0 Å². The van der Waals surface area contributed by atoms with Crippen LogP contribution in [0.1, 0.15) is 45.1 Å². The van der Waals surface area contributed by atoms with E-state index in [2.05, 4.69) is 44.3 Å². The fraction of sp³-hybridized carbons (Fsp3) is 0.588. The van der Waals surface area contributed by atoms with Crippen molar-refractivity contribution in [1.29, 1.82) is 0 Å². The van der Waals surface area contributed by atoms with E-state index < -0.39 is 0 Å². The Hall–Kier alpha value is -1.51. The molecule has 0 aromatic heterocycles. The van der Waals surface area contributed by atoms with Crippen LogP contribution in [-0.2, 0) is 4.79 Å². The highest BCUT2D eigenvalue weighted by atomic mass is 16.2. The summed E-state index contributed by atoms with van der Waals surface area (Å²) >= 11 is 0. The number of anilines is 1. The molecule has 0 bridgehead atoms. The van der Waals surface area contributed by atoms with E-state index in [0.717, 1.165) is 25.2 Å². The summed E-state index contributed by atoms with van der Waals surface area (Å²) in [5.41, 5.74) is 2.35. The van der Waals surface area contributed by atoms with Crippen molar-refractivity contribution in [2.24, 2.45) is 5.92 Å². The monoisotopic (exact) mass is 274 g/mol. The van der Waals surface area contributed by atoms with Gasteiger partial charge in [-0.15, -0.1) is 0 Å². The van der Waals surface area contributed by atoms with E-state index in [1.165, 1.54) is 12.0 Å². The van der Waals surface area contributed by atoms with Gasteiger partial charge in [0, 0.05) is 18.8 Å². The van der Waals surface area contributed by atoms with E-state index in [-0.39, 0.29) is 5.91 Å². The largest absolute Gasteiger partial charge is 0.376 e. The molecule has 1 aliphatic rings. The summed E-state index contributed by atoms with van der Waals surface area (Å²) < 4.78 is 0. The molecule has 0 spiro atoms. The number of benzene rings is 1. The number of amides is 1. The molecule has 1 unspecified atom stereocenters. The molecule has 1 aromatic carbocycles. The van der Waals surface area contributed by atoms with Crippen LogP contribution in [0, 0.1) is 5.92 Å². The molecular weight excluding hydrogens is 248 g/mol. The lowest BCUT2D eigenvalue weighted by molar-refractivity contribution is -0.130. The SMILES string of the molecule is CC1CCCN(C(=O)CNc2ccccc2C(C)C)C1. The Balaban J connectivity index is 1.93. The van der Waals surface area contributed by atoms with Crippen LogP contribution in [-0.4, -0.2) is 30.4 Å². The van der Waals surface area contributed by atoms with Crippen LogP contribution in [0.4, 0.5) is 5.69 Å². The lowest BCUT2D eigenvalue weighted by Gasteiger charge is -2.31. The molecule has 1 aliphatic heterocycles. The fourth-order valence-corrected chi connectivity index (χ4v) is 2.86. The average Bonchev–Trinajstić information content (AvgIpc) is 2.45. The maximum absolute atomic E-state index is 12.3. The van der Waals surface area contributed by atoms with Gasteiger partial charge in [0.05, 0.1) is 6.54 Å². The second kappa shape index (κ2) is 6.78. The zero-order valence-corrected chi connectivity index (χ0v) is 12.9. The molecule has 0 radical (unpaired) electrons. The van der Waals surface area contributed by atoms with Crippen LogP contribution in [0.5, 0.6) is 0 Å². The van der Waals surface area contributed by atoms with Crippen LogP contribution in [0.3, 0.4) is 0 Å². The number of carbonyl (C=O) groups is 1. The molecule has 0 aliphatic carbocycles. The number of nitrogens with one attached hydrogen (secondary N) is 1. The predicted octanol–water partition coefficient (Wildman–Crippen LogP) is 3.48. The van der Waals surface area contributed by atoms with Gasteiger partial charge < -0.3 is 10.2 Å². The van der Waals surface area contributed by atoms with E-state index in [0.29, 0.717) is 18.4 Å². The van der Waals surface area contributed by atoms with Gasteiger partial charge in [-0.1, -0.05) is 39.0 Å². The molecule has 2 rings (SSSR count). The van der Waals surface area contributed by atoms with Crippen molar-refractivity contribution in [2.75, 3.05) is 25.0 Å². The van der Waals surface area contributed by atoms with E-state index in [9.17, 15) is 4.79 Å². The fourth-order valence-electron chi connectivity index (χ4n) is 2.86. The first-order chi connectivity index (χ1) is 9.58. The highest BCUT2D eigenvalue weighted by molar-refractivity contribution is 5.81. The molecule has 1 N–H and O–H groups in total. The Morgan fingerprint density at radius 2 is 2.15 bits per heavy atom. The number of nitrogens with zero attached hydrogens (tertiary/aromatic N) is 1.